The fraction of sp³-hybridized carbons (Fsp3) is 0.320. The number of rotatable bonds is 7. The van der Waals surface area contributed by atoms with E-state index in [9.17, 15) is 4.79 Å². The van der Waals surface area contributed by atoms with E-state index in [4.69, 9.17) is 14.2 Å². The first-order valence-electron chi connectivity index (χ1n) is 11.2. The van der Waals surface area contributed by atoms with E-state index in [1.54, 1.807) is 37.3 Å². The number of hydrogen-bond acceptors (Lipinski definition) is 7. The number of anilines is 2. The SMILES string of the molecule is CCOc1ccc(-c2ccc(N3CCN(C(=O)Nc4cc(OC)cc(OC)c4)CC3)nn2)cc1. The number of nitrogens with zero attached hydrogens (tertiary/aromatic N) is 4. The van der Waals surface area contributed by atoms with E-state index in [1.165, 1.54) is 0 Å². The summed E-state index contributed by atoms with van der Waals surface area (Å²) in [5.41, 5.74) is 2.41. The second-order valence-corrected chi connectivity index (χ2v) is 7.74. The zero-order valence-corrected chi connectivity index (χ0v) is 19.7. The van der Waals surface area contributed by atoms with Gasteiger partial charge >= 0.3 is 6.03 Å². The lowest BCUT2D eigenvalue weighted by Crippen LogP contribution is -2.50. The molecule has 34 heavy (non-hydrogen) atoms. The maximum Gasteiger partial charge on any atom is 0.321 e. The van der Waals surface area contributed by atoms with Crippen molar-refractivity contribution in [3.63, 3.8) is 0 Å². The fourth-order valence-electron chi connectivity index (χ4n) is 3.76. The van der Waals surface area contributed by atoms with Crippen molar-refractivity contribution in [2.75, 3.05) is 57.2 Å². The molecule has 2 heterocycles. The van der Waals surface area contributed by atoms with Crippen LogP contribution >= 0.6 is 0 Å². The second-order valence-electron chi connectivity index (χ2n) is 7.74. The molecule has 2 aromatic carbocycles. The summed E-state index contributed by atoms with van der Waals surface area (Å²) in [7, 11) is 3.15. The van der Waals surface area contributed by atoms with Crippen molar-refractivity contribution in [2.24, 2.45) is 0 Å². The van der Waals surface area contributed by atoms with Gasteiger partial charge in [-0.2, -0.15) is 0 Å². The number of carbonyl (C=O) groups excluding carboxylic acids is 1. The van der Waals surface area contributed by atoms with Crippen LogP contribution in [0.3, 0.4) is 0 Å². The Bertz CT molecular complexity index is 1080. The van der Waals surface area contributed by atoms with Crippen molar-refractivity contribution in [2.45, 2.75) is 6.92 Å². The number of benzene rings is 2. The number of urea groups is 1. The third-order valence-electron chi connectivity index (χ3n) is 5.61. The summed E-state index contributed by atoms with van der Waals surface area (Å²) in [4.78, 5) is 16.7. The van der Waals surface area contributed by atoms with Gasteiger partial charge in [0, 0.05) is 55.6 Å². The van der Waals surface area contributed by atoms with E-state index >= 15 is 0 Å². The third-order valence-corrected chi connectivity index (χ3v) is 5.61. The smallest absolute Gasteiger partial charge is 0.321 e. The van der Waals surface area contributed by atoms with E-state index in [0.29, 0.717) is 50.0 Å². The summed E-state index contributed by atoms with van der Waals surface area (Å²) in [5, 5.41) is 11.7. The van der Waals surface area contributed by atoms with Crippen LogP contribution in [0.4, 0.5) is 16.3 Å². The average Bonchev–Trinajstić information content (AvgIpc) is 2.89. The average molecular weight is 464 g/mol. The zero-order chi connectivity index (χ0) is 23.9. The molecule has 0 bridgehead atoms. The van der Waals surface area contributed by atoms with E-state index < -0.39 is 0 Å². The van der Waals surface area contributed by atoms with Crippen LogP contribution in [0.25, 0.3) is 11.3 Å². The number of hydrogen-bond donors (Lipinski definition) is 1. The number of ether oxygens (including phenoxy) is 3. The monoisotopic (exact) mass is 463 g/mol. The molecule has 1 aliphatic heterocycles. The Balaban J connectivity index is 1.33. The molecule has 0 spiro atoms. The Labute approximate surface area is 199 Å². The first-order valence-corrected chi connectivity index (χ1v) is 11.2. The highest BCUT2D eigenvalue weighted by molar-refractivity contribution is 5.90. The predicted molar refractivity (Wildman–Crippen MR) is 131 cm³/mol. The highest BCUT2D eigenvalue weighted by Crippen LogP contribution is 2.26. The predicted octanol–water partition coefficient (Wildman–Crippen LogP) is 3.91. The van der Waals surface area contributed by atoms with Crippen molar-refractivity contribution in [1.29, 1.82) is 0 Å². The Morgan fingerprint density at radius 3 is 2.12 bits per heavy atom. The molecule has 9 nitrogen and oxygen atoms in total. The minimum Gasteiger partial charge on any atom is -0.497 e. The molecule has 0 unspecified atom stereocenters. The fourth-order valence-corrected chi connectivity index (χ4v) is 3.76. The van der Waals surface area contributed by atoms with Crippen molar-refractivity contribution < 1.29 is 19.0 Å². The highest BCUT2D eigenvalue weighted by Gasteiger charge is 2.22. The molecule has 4 rings (SSSR count). The van der Waals surface area contributed by atoms with E-state index in [2.05, 4.69) is 20.4 Å². The molecule has 3 aromatic rings. The van der Waals surface area contributed by atoms with Gasteiger partial charge in [-0.15, -0.1) is 10.2 Å². The van der Waals surface area contributed by atoms with E-state index in [0.717, 1.165) is 22.8 Å². The summed E-state index contributed by atoms with van der Waals surface area (Å²) < 4.78 is 16.0. The van der Waals surface area contributed by atoms with Crippen molar-refractivity contribution >= 4 is 17.5 Å². The van der Waals surface area contributed by atoms with Crippen LogP contribution in [0.15, 0.2) is 54.6 Å². The van der Waals surface area contributed by atoms with Crippen LogP contribution in [0.5, 0.6) is 17.2 Å². The van der Waals surface area contributed by atoms with Gasteiger partial charge in [-0.1, -0.05) is 0 Å². The summed E-state index contributed by atoms with van der Waals surface area (Å²) in [6.45, 7) is 5.10. The molecule has 1 fully saturated rings. The largest absolute Gasteiger partial charge is 0.497 e. The molecule has 0 saturated carbocycles. The third kappa shape index (κ3) is 5.48. The number of carbonyl (C=O) groups is 1. The lowest BCUT2D eigenvalue weighted by atomic mass is 10.1. The van der Waals surface area contributed by atoms with Gasteiger partial charge in [0.15, 0.2) is 5.82 Å². The lowest BCUT2D eigenvalue weighted by molar-refractivity contribution is 0.208. The lowest BCUT2D eigenvalue weighted by Gasteiger charge is -2.35. The molecule has 9 heteroatoms. The maximum atomic E-state index is 12.8. The van der Waals surface area contributed by atoms with Crippen LogP contribution in [0, 0.1) is 0 Å². The minimum atomic E-state index is -0.160. The van der Waals surface area contributed by atoms with Gasteiger partial charge in [-0.05, 0) is 43.3 Å². The van der Waals surface area contributed by atoms with Gasteiger partial charge in [0.25, 0.3) is 0 Å². The summed E-state index contributed by atoms with van der Waals surface area (Å²) in [5.74, 6) is 2.87. The van der Waals surface area contributed by atoms with Crippen molar-refractivity contribution in [3.05, 3.63) is 54.6 Å². The first-order chi connectivity index (χ1) is 16.6. The minimum absolute atomic E-state index is 0.160. The van der Waals surface area contributed by atoms with Crippen LogP contribution in [0.2, 0.25) is 0 Å². The Morgan fingerprint density at radius 1 is 0.882 bits per heavy atom. The van der Waals surface area contributed by atoms with E-state index in [1.807, 2.05) is 43.3 Å². The molecular weight excluding hydrogens is 434 g/mol. The van der Waals surface area contributed by atoms with Crippen molar-refractivity contribution in [3.8, 4) is 28.5 Å². The molecule has 1 saturated heterocycles. The van der Waals surface area contributed by atoms with Gasteiger partial charge in [0.1, 0.15) is 17.2 Å². The number of methoxy groups -OCH3 is 2. The zero-order valence-electron chi connectivity index (χ0n) is 19.7. The quantitative estimate of drug-likeness (QED) is 0.568. The van der Waals surface area contributed by atoms with Gasteiger partial charge in [0.05, 0.1) is 26.5 Å². The van der Waals surface area contributed by atoms with Gasteiger partial charge < -0.3 is 29.3 Å². The summed E-state index contributed by atoms with van der Waals surface area (Å²) in [6, 6.07) is 16.9. The Kier molecular flexibility index (Phi) is 7.31. The molecule has 0 aliphatic carbocycles. The van der Waals surface area contributed by atoms with Gasteiger partial charge in [-0.25, -0.2) is 4.79 Å². The first kappa shape index (κ1) is 23.2. The molecule has 2 amide bonds. The van der Waals surface area contributed by atoms with Crippen LogP contribution < -0.4 is 24.4 Å². The summed E-state index contributed by atoms with van der Waals surface area (Å²) in [6.07, 6.45) is 0. The second kappa shape index (κ2) is 10.7. The van der Waals surface area contributed by atoms with E-state index in [-0.39, 0.29) is 6.03 Å². The number of nitrogens with one attached hydrogen (secondary N) is 1. The van der Waals surface area contributed by atoms with Crippen LogP contribution in [-0.4, -0.2) is 68.1 Å². The Morgan fingerprint density at radius 2 is 1.56 bits per heavy atom. The Hall–Kier alpha value is -4.01. The number of amides is 2. The highest BCUT2D eigenvalue weighted by atomic mass is 16.5. The standard InChI is InChI=1S/C25H29N5O4/c1-4-34-20-7-5-18(6-8-20)23-9-10-24(28-27-23)29-11-13-30(14-12-29)25(31)26-19-15-21(32-2)17-22(16-19)33-3/h5-10,15-17H,4,11-14H2,1-3H3,(H,26,31). The molecule has 178 valence electrons. The number of aromatic nitrogens is 2. The molecule has 1 N–H and O–H groups in total. The maximum absolute atomic E-state index is 12.8. The van der Waals surface area contributed by atoms with Crippen LogP contribution in [0.1, 0.15) is 6.92 Å². The molecule has 0 atom stereocenters. The normalized spacial score (nSPS) is 13.4. The number of piperazine rings is 1. The van der Waals surface area contributed by atoms with Gasteiger partial charge in [0.2, 0.25) is 0 Å². The summed E-state index contributed by atoms with van der Waals surface area (Å²) >= 11 is 0. The molecule has 1 aromatic heterocycles. The van der Waals surface area contributed by atoms with Crippen molar-refractivity contribution in [1.82, 2.24) is 15.1 Å². The topological polar surface area (TPSA) is 89.1 Å². The molecule has 1 aliphatic rings. The molecular formula is C25H29N5O4. The van der Waals surface area contributed by atoms with Gasteiger partial charge in [-0.3, -0.25) is 0 Å². The molecule has 0 radical (unpaired) electrons. The van der Waals surface area contributed by atoms with Crippen LogP contribution in [-0.2, 0) is 0 Å².